The smallest absolute Gasteiger partial charge is 0.244 e. The number of benzene rings is 1. The first-order chi connectivity index (χ1) is 13.7. The van der Waals surface area contributed by atoms with Crippen molar-refractivity contribution in [3.8, 4) is 11.1 Å². The number of ether oxygens (including phenoxy) is 1. The molecule has 0 saturated carbocycles. The summed E-state index contributed by atoms with van der Waals surface area (Å²) in [5, 5.41) is 6.47. The van der Waals surface area contributed by atoms with E-state index in [4.69, 9.17) is 4.74 Å². The molecule has 3 heterocycles. The second-order valence-corrected chi connectivity index (χ2v) is 7.13. The number of anilines is 1. The van der Waals surface area contributed by atoms with Gasteiger partial charge in [-0.15, -0.1) is 5.10 Å². The minimum Gasteiger partial charge on any atom is -0.453 e. The Labute approximate surface area is 163 Å². The minimum atomic E-state index is -0.890. The van der Waals surface area contributed by atoms with Gasteiger partial charge in [-0.2, -0.15) is 0 Å². The van der Waals surface area contributed by atoms with Crippen LogP contribution in [0.3, 0.4) is 0 Å². The van der Waals surface area contributed by atoms with E-state index in [0.717, 1.165) is 19.4 Å². The standard InChI is InChI=1S/C21H24F2N4O/c1-2-3-11-27-14-28-21(25-27)19-17(16-6-4-5-7-18(16)23)8-10-24-20(19)26-12-9-15(22)13-26/h4-8,10,15H,2-3,9,11-14H2,1H3/t15-/m0/s1. The van der Waals surface area contributed by atoms with Crippen molar-refractivity contribution in [2.24, 2.45) is 5.10 Å². The van der Waals surface area contributed by atoms with E-state index in [2.05, 4.69) is 17.0 Å². The number of hydrazone groups is 1. The lowest BCUT2D eigenvalue weighted by Gasteiger charge is -2.21. The van der Waals surface area contributed by atoms with Gasteiger partial charge in [-0.05, 0) is 25.0 Å². The van der Waals surface area contributed by atoms with Gasteiger partial charge < -0.3 is 9.64 Å². The molecule has 0 bridgehead atoms. The number of alkyl halides is 1. The third-order valence-corrected chi connectivity index (χ3v) is 5.09. The first-order valence-corrected chi connectivity index (χ1v) is 9.77. The van der Waals surface area contributed by atoms with Gasteiger partial charge in [-0.25, -0.2) is 13.8 Å². The first kappa shape index (κ1) is 18.7. The van der Waals surface area contributed by atoms with E-state index in [-0.39, 0.29) is 12.4 Å². The van der Waals surface area contributed by atoms with Crippen molar-refractivity contribution in [1.29, 1.82) is 0 Å². The van der Waals surface area contributed by atoms with Crippen LogP contribution in [0.5, 0.6) is 0 Å². The predicted octanol–water partition coefficient (Wildman–Crippen LogP) is 4.19. The lowest BCUT2D eigenvalue weighted by molar-refractivity contribution is 0.167. The van der Waals surface area contributed by atoms with E-state index in [1.54, 1.807) is 30.5 Å². The van der Waals surface area contributed by atoms with Crippen molar-refractivity contribution in [2.75, 3.05) is 31.3 Å². The molecule has 4 rings (SSSR count). The van der Waals surface area contributed by atoms with Crippen LogP contribution in [0.4, 0.5) is 14.6 Å². The molecule has 1 atom stereocenters. The molecule has 0 amide bonds. The topological polar surface area (TPSA) is 41.0 Å². The van der Waals surface area contributed by atoms with Crippen molar-refractivity contribution in [3.05, 3.63) is 47.9 Å². The van der Waals surface area contributed by atoms with Crippen molar-refractivity contribution in [2.45, 2.75) is 32.4 Å². The first-order valence-electron chi connectivity index (χ1n) is 9.77. The predicted molar refractivity (Wildman–Crippen MR) is 105 cm³/mol. The number of unbranched alkanes of at least 4 members (excludes halogenated alkanes) is 1. The monoisotopic (exact) mass is 386 g/mol. The largest absolute Gasteiger partial charge is 0.453 e. The molecule has 2 aliphatic heterocycles. The second-order valence-electron chi connectivity index (χ2n) is 7.13. The Hall–Kier alpha value is -2.70. The van der Waals surface area contributed by atoms with E-state index in [9.17, 15) is 8.78 Å². The molecule has 0 unspecified atom stereocenters. The molecule has 1 saturated heterocycles. The molecule has 28 heavy (non-hydrogen) atoms. The molecular weight excluding hydrogens is 362 g/mol. The summed E-state index contributed by atoms with van der Waals surface area (Å²) < 4.78 is 34.3. The number of pyridine rings is 1. The summed E-state index contributed by atoms with van der Waals surface area (Å²) >= 11 is 0. The molecule has 148 valence electrons. The highest BCUT2D eigenvalue weighted by Crippen LogP contribution is 2.35. The van der Waals surface area contributed by atoms with Crippen LogP contribution in [0.2, 0.25) is 0 Å². The highest BCUT2D eigenvalue weighted by Gasteiger charge is 2.31. The Kier molecular flexibility index (Phi) is 5.41. The maximum absolute atomic E-state index is 14.6. The SMILES string of the molecule is CCCCN1COC(c2c(-c3ccccc3F)ccnc2N2CC[C@H](F)C2)=N1. The Morgan fingerprint density at radius 2 is 2.07 bits per heavy atom. The average Bonchev–Trinajstić information content (AvgIpc) is 3.35. The van der Waals surface area contributed by atoms with Gasteiger partial charge in [0.15, 0.2) is 6.73 Å². The van der Waals surface area contributed by atoms with Gasteiger partial charge in [-0.3, -0.25) is 5.01 Å². The van der Waals surface area contributed by atoms with Crippen LogP contribution in [-0.4, -0.2) is 48.4 Å². The van der Waals surface area contributed by atoms with Crippen molar-refractivity contribution in [1.82, 2.24) is 9.99 Å². The van der Waals surface area contributed by atoms with E-state index in [1.807, 2.05) is 9.91 Å². The maximum atomic E-state index is 14.6. The molecule has 2 aliphatic rings. The van der Waals surface area contributed by atoms with Crippen LogP contribution >= 0.6 is 0 Å². The van der Waals surface area contributed by atoms with Crippen LogP contribution in [0, 0.1) is 5.82 Å². The highest BCUT2D eigenvalue weighted by atomic mass is 19.1. The fraction of sp³-hybridized carbons (Fsp3) is 0.429. The molecular formula is C21H24F2N4O. The second kappa shape index (κ2) is 8.12. The van der Waals surface area contributed by atoms with Crippen LogP contribution in [0.25, 0.3) is 11.1 Å². The molecule has 0 radical (unpaired) electrons. The van der Waals surface area contributed by atoms with Gasteiger partial charge in [0.25, 0.3) is 0 Å². The zero-order valence-corrected chi connectivity index (χ0v) is 15.9. The summed E-state index contributed by atoms with van der Waals surface area (Å²) in [5.41, 5.74) is 1.73. The van der Waals surface area contributed by atoms with Gasteiger partial charge in [-0.1, -0.05) is 31.5 Å². The molecule has 0 spiro atoms. The molecule has 7 heteroatoms. The molecule has 5 nitrogen and oxygen atoms in total. The van der Waals surface area contributed by atoms with Crippen LogP contribution in [0.1, 0.15) is 31.7 Å². The third kappa shape index (κ3) is 3.66. The van der Waals surface area contributed by atoms with Crippen LogP contribution in [0.15, 0.2) is 41.6 Å². The van der Waals surface area contributed by atoms with Crippen molar-refractivity contribution < 1.29 is 13.5 Å². The van der Waals surface area contributed by atoms with Gasteiger partial charge >= 0.3 is 0 Å². The quantitative estimate of drug-likeness (QED) is 0.747. The maximum Gasteiger partial charge on any atom is 0.244 e. The minimum absolute atomic E-state index is 0.271. The molecule has 1 aromatic heterocycles. The number of hydrogen-bond acceptors (Lipinski definition) is 5. The van der Waals surface area contributed by atoms with Gasteiger partial charge in [0, 0.05) is 30.4 Å². The number of rotatable bonds is 6. The van der Waals surface area contributed by atoms with Crippen molar-refractivity contribution in [3.63, 3.8) is 0 Å². The summed E-state index contributed by atoms with van der Waals surface area (Å²) in [6.45, 7) is 4.10. The van der Waals surface area contributed by atoms with E-state index in [0.29, 0.717) is 48.1 Å². The van der Waals surface area contributed by atoms with Crippen LogP contribution in [-0.2, 0) is 4.74 Å². The fourth-order valence-corrected chi connectivity index (χ4v) is 3.61. The molecule has 1 aromatic carbocycles. The summed E-state index contributed by atoms with van der Waals surface area (Å²) in [4.78, 5) is 6.39. The van der Waals surface area contributed by atoms with Gasteiger partial charge in [0.2, 0.25) is 5.90 Å². The van der Waals surface area contributed by atoms with Crippen molar-refractivity contribution >= 4 is 11.7 Å². The van der Waals surface area contributed by atoms with Gasteiger partial charge in [0.05, 0.1) is 12.1 Å². The highest BCUT2D eigenvalue weighted by molar-refractivity contribution is 6.05. The Balaban J connectivity index is 1.80. The lowest BCUT2D eigenvalue weighted by Crippen LogP contribution is -2.24. The third-order valence-electron chi connectivity index (χ3n) is 5.09. The Morgan fingerprint density at radius 3 is 2.82 bits per heavy atom. The van der Waals surface area contributed by atoms with Gasteiger partial charge in [0.1, 0.15) is 17.8 Å². The molecule has 0 N–H and O–H groups in total. The van der Waals surface area contributed by atoms with E-state index < -0.39 is 6.17 Å². The number of aromatic nitrogens is 1. The van der Waals surface area contributed by atoms with E-state index in [1.165, 1.54) is 6.07 Å². The molecule has 0 aliphatic carbocycles. The van der Waals surface area contributed by atoms with E-state index >= 15 is 0 Å². The average molecular weight is 386 g/mol. The lowest BCUT2D eigenvalue weighted by atomic mass is 9.99. The summed E-state index contributed by atoms with van der Waals surface area (Å²) in [7, 11) is 0. The Bertz CT molecular complexity index is 873. The normalized spacial score (nSPS) is 19.1. The Morgan fingerprint density at radius 1 is 1.21 bits per heavy atom. The zero-order valence-electron chi connectivity index (χ0n) is 15.9. The molecule has 1 fully saturated rings. The summed E-state index contributed by atoms with van der Waals surface area (Å²) in [6.07, 6.45) is 3.28. The zero-order chi connectivity index (χ0) is 19.5. The number of nitrogens with zero attached hydrogens (tertiary/aromatic N) is 4. The summed E-state index contributed by atoms with van der Waals surface area (Å²) in [5.74, 6) is 0.684. The molecule has 2 aromatic rings. The van der Waals surface area contributed by atoms with Crippen LogP contribution < -0.4 is 4.90 Å². The number of halogens is 2. The summed E-state index contributed by atoms with van der Waals surface area (Å²) in [6, 6.07) is 8.37. The fourth-order valence-electron chi connectivity index (χ4n) is 3.61. The number of hydrogen-bond donors (Lipinski definition) is 0.